The summed E-state index contributed by atoms with van der Waals surface area (Å²) in [6.07, 6.45) is 6.23. The highest BCUT2D eigenvalue weighted by molar-refractivity contribution is 6.41. The van der Waals surface area contributed by atoms with Gasteiger partial charge in [-0.15, -0.1) is 0 Å². The molecule has 0 spiro atoms. The molecule has 2 atom stereocenters. The van der Waals surface area contributed by atoms with Crippen molar-refractivity contribution in [2.24, 2.45) is 0 Å². The Morgan fingerprint density at radius 2 is 1.54 bits per heavy atom. The van der Waals surface area contributed by atoms with Crippen LogP contribution in [0.5, 0.6) is 11.5 Å². The predicted octanol–water partition coefficient (Wildman–Crippen LogP) is 7.03. The number of carbonyl (C=O) groups is 2. The molecule has 0 saturated heterocycles. The number of aromatic nitrogens is 2. The molecule has 8 nitrogen and oxygen atoms in total. The first-order valence-electron chi connectivity index (χ1n) is 13.5. The Bertz CT molecular complexity index is 1610. The summed E-state index contributed by atoms with van der Waals surface area (Å²) >= 11 is 13.3. The standard InChI is InChI=1S/C31H28Cl2N4O4/c1-40-24-15-25(41-2)28(33)26(27(24)32)17-12-13-21-18(14-17)16-34-31(35-21)36-22-10-4-3-5-11-23(22)37-29(38)19-8-6-7-9-20(19)30(37)39/h6-9,12-16,22-23H,3-5,10-11H2,1-2H3,(H,34,35,36)/t22?,23-/m0/s1. The first-order valence-corrected chi connectivity index (χ1v) is 14.3. The summed E-state index contributed by atoms with van der Waals surface area (Å²) in [5.41, 5.74) is 3.01. The molecule has 0 bridgehead atoms. The molecule has 210 valence electrons. The van der Waals surface area contributed by atoms with Crippen molar-refractivity contribution in [2.75, 3.05) is 19.5 Å². The van der Waals surface area contributed by atoms with Crippen molar-refractivity contribution in [1.29, 1.82) is 0 Å². The number of methoxy groups -OCH3 is 2. The number of fused-ring (bicyclic) bond motifs is 2. The molecule has 1 unspecified atom stereocenters. The van der Waals surface area contributed by atoms with Gasteiger partial charge in [-0.2, -0.15) is 0 Å². The van der Waals surface area contributed by atoms with E-state index in [1.54, 1.807) is 36.5 Å². The molecule has 10 heteroatoms. The highest BCUT2D eigenvalue weighted by atomic mass is 35.5. The van der Waals surface area contributed by atoms with Crippen LogP contribution in [0.2, 0.25) is 10.0 Å². The molecule has 1 saturated carbocycles. The molecule has 4 aromatic rings. The monoisotopic (exact) mass is 590 g/mol. The van der Waals surface area contributed by atoms with Gasteiger partial charge in [0.05, 0.1) is 53.0 Å². The van der Waals surface area contributed by atoms with E-state index in [1.165, 1.54) is 19.1 Å². The molecule has 2 aliphatic rings. The lowest BCUT2D eigenvalue weighted by atomic mass is 10.0. The Morgan fingerprint density at radius 1 is 0.878 bits per heavy atom. The van der Waals surface area contributed by atoms with E-state index in [0.29, 0.717) is 44.2 Å². The average molecular weight is 591 g/mol. The fraction of sp³-hybridized carbons (Fsp3) is 0.290. The molecule has 2 amide bonds. The Morgan fingerprint density at radius 3 is 2.20 bits per heavy atom. The lowest BCUT2D eigenvalue weighted by Gasteiger charge is -2.32. The largest absolute Gasteiger partial charge is 0.495 e. The van der Waals surface area contributed by atoms with Gasteiger partial charge >= 0.3 is 0 Å². The molecule has 0 radical (unpaired) electrons. The van der Waals surface area contributed by atoms with E-state index < -0.39 is 0 Å². The van der Waals surface area contributed by atoms with Gasteiger partial charge in [0.25, 0.3) is 11.8 Å². The summed E-state index contributed by atoms with van der Waals surface area (Å²) in [5, 5.41) is 5.01. The number of benzene rings is 3. The summed E-state index contributed by atoms with van der Waals surface area (Å²) in [4.78, 5) is 37.4. The average Bonchev–Trinajstić information content (AvgIpc) is 3.10. The SMILES string of the molecule is COc1cc(OC)c(Cl)c(-c2ccc3nc(NC4CCCCC[C@@H]4N4C(=O)c5ccccc5C4=O)ncc3c2)c1Cl. The van der Waals surface area contributed by atoms with Gasteiger partial charge in [0.2, 0.25) is 5.95 Å². The normalized spacial score (nSPS) is 18.8. The molecule has 1 fully saturated rings. The number of anilines is 1. The van der Waals surface area contributed by atoms with Crippen LogP contribution in [0.3, 0.4) is 0 Å². The number of rotatable bonds is 6. The van der Waals surface area contributed by atoms with Crippen LogP contribution in [-0.4, -0.2) is 53.0 Å². The molecule has 1 aromatic heterocycles. The van der Waals surface area contributed by atoms with Crippen molar-refractivity contribution < 1.29 is 19.1 Å². The van der Waals surface area contributed by atoms with Gasteiger partial charge in [0.1, 0.15) is 11.5 Å². The highest BCUT2D eigenvalue weighted by Gasteiger charge is 2.43. The fourth-order valence-electron chi connectivity index (χ4n) is 5.84. The van der Waals surface area contributed by atoms with Crippen molar-refractivity contribution in [3.05, 3.63) is 75.9 Å². The second-order valence-electron chi connectivity index (χ2n) is 10.2. The van der Waals surface area contributed by atoms with E-state index >= 15 is 0 Å². The third-order valence-corrected chi connectivity index (χ3v) is 8.64. The third-order valence-electron chi connectivity index (χ3n) is 7.89. The fourth-order valence-corrected chi connectivity index (χ4v) is 6.56. The highest BCUT2D eigenvalue weighted by Crippen LogP contribution is 2.46. The first kappa shape index (κ1) is 27.3. The van der Waals surface area contributed by atoms with Gasteiger partial charge in [0.15, 0.2) is 0 Å². The van der Waals surface area contributed by atoms with Crippen molar-refractivity contribution in [3.8, 4) is 22.6 Å². The van der Waals surface area contributed by atoms with Gasteiger partial charge in [0, 0.05) is 23.2 Å². The van der Waals surface area contributed by atoms with Crippen LogP contribution >= 0.6 is 23.2 Å². The van der Waals surface area contributed by atoms with E-state index in [-0.39, 0.29) is 23.9 Å². The lowest BCUT2D eigenvalue weighted by molar-refractivity contribution is 0.0559. The number of ether oxygens (including phenoxy) is 2. The summed E-state index contributed by atoms with van der Waals surface area (Å²) in [5.74, 6) is 0.882. The van der Waals surface area contributed by atoms with Crippen LogP contribution in [0.1, 0.15) is 52.8 Å². The number of imide groups is 1. The van der Waals surface area contributed by atoms with Crippen LogP contribution in [0, 0.1) is 0 Å². The number of hydrogen-bond donors (Lipinski definition) is 1. The maximum Gasteiger partial charge on any atom is 0.261 e. The van der Waals surface area contributed by atoms with E-state index in [2.05, 4.69) is 10.3 Å². The van der Waals surface area contributed by atoms with Crippen LogP contribution < -0.4 is 14.8 Å². The van der Waals surface area contributed by atoms with Crippen LogP contribution in [0.25, 0.3) is 22.0 Å². The van der Waals surface area contributed by atoms with E-state index in [0.717, 1.165) is 48.6 Å². The summed E-state index contributed by atoms with van der Waals surface area (Å²) in [6.45, 7) is 0. The van der Waals surface area contributed by atoms with Gasteiger partial charge in [-0.3, -0.25) is 14.5 Å². The Kier molecular flexibility index (Phi) is 7.45. The minimum Gasteiger partial charge on any atom is -0.495 e. The zero-order chi connectivity index (χ0) is 28.7. The minimum absolute atomic E-state index is 0.168. The Labute approximate surface area is 247 Å². The summed E-state index contributed by atoms with van der Waals surface area (Å²) < 4.78 is 10.8. The number of hydrogen-bond acceptors (Lipinski definition) is 7. The quantitative estimate of drug-likeness (QED) is 0.190. The van der Waals surface area contributed by atoms with Crippen LogP contribution in [0.15, 0.2) is 54.7 Å². The minimum atomic E-state index is -0.293. The molecule has 3 aromatic carbocycles. The number of carbonyl (C=O) groups excluding carboxylic acids is 2. The molecule has 1 N–H and O–H groups in total. The molecular formula is C31H28Cl2N4O4. The molecule has 1 aliphatic carbocycles. The van der Waals surface area contributed by atoms with Gasteiger partial charge in [-0.05, 0) is 42.7 Å². The van der Waals surface area contributed by atoms with E-state index in [1.807, 2.05) is 18.2 Å². The molecule has 1 aliphatic heterocycles. The van der Waals surface area contributed by atoms with Crippen LogP contribution in [-0.2, 0) is 0 Å². The smallest absolute Gasteiger partial charge is 0.261 e. The van der Waals surface area contributed by atoms with Crippen LogP contribution in [0.4, 0.5) is 5.95 Å². The van der Waals surface area contributed by atoms with Gasteiger partial charge in [-0.25, -0.2) is 9.97 Å². The number of amides is 2. The number of halogens is 2. The topological polar surface area (TPSA) is 93.7 Å². The number of nitrogens with zero attached hydrogens (tertiary/aromatic N) is 3. The first-order chi connectivity index (χ1) is 19.9. The second kappa shape index (κ2) is 11.2. The summed E-state index contributed by atoms with van der Waals surface area (Å²) in [7, 11) is 3.07. The van der Waals surface area contributed by atoms with Crippen molar-refractivity contribution in [3.63, 3.8) is 0 Å². The molecular weight excluding hydrogens is 563 g/mol. The number of nitrogens with one attached hydrogen (secondary N) is 1. The zero-order valence-corrected chi connectivity index (χ0v) is 24.1. The molecule has 6 rings (SSSR count). The van der Waals surface area contributed by atoms with Gasteiger partial charge in [-0.1, -0.05) is 60.7 Å². The predicted molar refractivity (Wildman–Crippen MR) is 159 cm³/mol. The second-order valence-corrected chi connectivity index (χ2v) is 11.0. The molecule has 2 heterocycles. The zero-order valence-electron chi connectivity index (χ0n) is 22.6. The summed E-state index contributed by atoms with van der Waals surface area (Å²) in [6, 6.07) is 13.9. The van der Waals surface area contributed by atoms with Crippen molar-refractivity contribution in [1.82, 2.24) is 14.9 Å². The molecule has 41 heavy (non-hydrogen) atoms. The van der Waals surface area contributed by atoms with Crippen molar-refractivity contribution >= 4 is 51.9 Å². The Balaban J connectivity index is 1.30. The van der Waals surface area contributed by atoms with Gasteiger partial charge < -0.3 is 14.8 Å². The van der Waals surface area contributed by atoms with Crippen molar-refractivity contribution in [2.45, 2.75) is 44.2 Å². The Hall–Kier alpha value is -3.88. The van der Waals surface area contributed by atoms with E-state index in [4.69, 9.17) is 37.7 Å². The van der Waals surface area contributed by atoms with E-state index in [9.17, 15) is 9.59 Å². The maximum absolute atomic E-state index is 13.3. The lowest BCUT2D eigenvalue weighted by Crippen LogP contribution is -2.49. The third kappa shape index (κ3) is 4.85. The maximum atomic E-state index is 13.3.